The van der Waals surface area contributed by atoms with Crippen LogP contribution in [0.25, 0.3) is 0 Å². The summed E-state index contributed by atoms with van der Waals surface area (Å²) in [4.78, 5) is 13.1. The third-order valence-electron chi connectivity index (χ3n) is 7.23. The number of methoxy groups -OCH3 is 2. The second-order valence-corrected chi connectivity index (χ2v) is 9.46. The Kier molecular flexibility index (Phi) is 7.68. The lowest BCUT2D eigenvalue weighted by molar-refractivity contribution is -0.333. The number of nitrogens with one attached hydrogen (secondary N) is 1. The third-order valence-corrected chi connectivity index (χ3v) is 7.23. The molecular formula is C22H37NO9. The van der Waals surface area contributed by atoms with Crippen LogP contribution in [0.15, 0.2) is 12.2 Å². The molecule has 3 saturated heterocycles. The van der Waals surface area contributed by atoms with Gasteiger partial charge in [0.15, 0.2) is 12.3 Å². The van der Waals surface area contributed by atoms with Gasteiger partial charge in [0.05, 0.1) is 24.9 Å². The largest absolute Gasteiger partial charge is 0.394 e. The number of hydrogen-bond donors (Lipinski definition) is 3. The molecule has 9 atom stereocenters. The van der Waals surface area contributed by atoms with Crippen LogP contribution in [0.3, 0.4) is 0 Å². The summed E-state index contributed by atoms with van der Waals surface area (Å²) in [7, 11) is 2.95. The van der Waals surface area contributed by atoms with Crippen molar-refractivity contribution in [2.45, 2.75) is 82.8 Å². The lowest BCUT2D eigenvalue weighted by Crippen LogP contribution is -2.69. The summed E-state index contributed by atoms with van der Waals surface area (Å²) in [6, 6.07) is 0. The quantitative estimate of drug-likeness (QED) is 0.481. The maximum Gasteiger partial charge on any atom is 0.256 e. The van der Waals surface area contributed by atoms with Crippen molar-refractivity contribution in [1.29, 1.82) is 0 Å². The van der Waals surface area contributed by atoms with E-state index in [2.05, 4.69) is 11.9 Å². The van der Waals surface area contributed by atoms with Crippen LogP contribution in [-0.4, -0.2) is 92.4 Å². The lowest BCUT2D eigenvalue weighted by Gasteiger charge is -2.53. The summed E-state index contributed by atoms with van der Waals surface area (Å²) in [5.74, 6) is -2.24. The lowest BCUT2D eigenvalue weighted by atomic mass is 9.74. The number of carbonyl (C=O) groups excluding carboxylic acids is 1. The van der Waals surface area contributed by atoms with Crippen molar-refractivity contribution in [3.63, 3.8) is 0 Å². The van der Waals surface area contributed by atoms with Gasteiger partial charge < -0.3 is 44.0 Å². The number of aliphatic hydroxyl groups is 2. The first-order valence-electron chi connectivity index (χ1n) is 10.9. The zero-order chi connectivity index (χ0) is 23.8. The molecular weight excluding hydrogens is 422 g/mol. The molecule has 0 unspecified atom stereocenters. The SMILES string of the molecule is C=C1C[C@](OC)([C@H](O)C(=O)N[C@@H]2OCO[C@H]3[C@@H]2O[C@H](CO)C(C)(C)[C@@H]3OC)O[C@H](C)[C@@H]1C. The van der Waals surface area contributed by atoms with Gasteiger partial charge in [0.1, 0.15) is 19.0 Å². The van der Waals surface area contributed by atoms with Gasteiger partial charge in [0.25, 0.3) is 5.91 Å². The fourth-order valence-electron chi connectivity index (χ4n) is 4.85. The molecule has 1 amide bonds. The van der Waals surface area contributed by atoms with E-state index in [1.165, 1.54) is 7.11 Å². The van der Waals surface area contributed by atoms with Crippen molar-refractivity contribution in [2.24, 2.45) is 11.3 Å². The van der Waals surface area contributed by atoms with Gasteiger partial charge in [-0.25, -0.2) is 0 Å². The average molecular weight is 460 g/mol. The van der Waals surface area contributed by atoms with Crippen LogP contribution in [-0.2, 0) is 33.2 Å². The molecule has 3 fully saturated rings. The van der Waals surface area contributed by atoms with Gasteiger partial charge in [0, 0.05) is 32.0 Å². The van der Waals surface area contributed by atoms with Gasteiger partial charge in [-0.3, -0.25) is 4.79 Å². The molecule has 3 aliphatic rings. The molecule has 3 aliphatic heterocycles. The summed E-state index contributed by atoms with van der Waals surface area (Å²) in [5.41, 5.74) is 0.283. The zero-order valence-electron chi connectivity index (χ0n) is 19.7. The maximum absolute atomic E-state index is 13.1. The van der Waals surface area contributed by atoms with Gasteiger partial charge in [0.2, 0.25) is 5.79 Å². The molecule has 0 spiro atoms. The van der Waals surface area contributed by atoms with Crippen molar-refractivity contribution < 1.29 is 43.4 Å². The van der Waals surface area contributed by atoms with Crippen molar-refractivity contribution in [3.8, 4) is 0 Å². The predicted octanol–water partition coefficient (Wildman–Crippen LogP) is 0.307. The summed E-state index contributed by atoms with van der Waals surface area (Å²) >= 11 is 0. The second kappa shape index (κ2) is 9.63. The molecule has 0 aliphatic carbocycles. The highest BCUT2D eigenvalue weighted by molar-refractivity contribution is 5.82. The molecule has 184 valence electrons. The van der Waals surface area contributed by atoms with E-state index in [-0.39, 0.29) is 31.8 Å². The van der Waals surface area contributed by atoms with E-state index in [1.54, 1.807) is 7.11 Å². The van der Waals surface area contributed by atoms with E-state index in [9.17, 15) is 15.0 Å². The molecule has 10 heteroatoms. The fourth-order valence-corrected chi connectivity index (χ4v) is 4.85. The highest BCUT2D eigenvalue weighted by Crippen LogP contribution is 2.42. The minimum Gasteiger partial charge on any atom is -0.394 e. The number of amides is 1. The maximum atomic E-state index is 13.1. The number of rotatable bonds is 6. The topological polar surface area (TPSA) is 125 Å². The molecule has 10 nitrogen and oxygen atoms in total. The third kappa shape index (κ3) is 4.35. The van der Waals surface area contributed by atoms with E-state index in [0.29, 0.717) is 0 Å². The zero-order valence-corrected chi connectivity index (χ0v) is 19.7. The highest BCUT2D eigenvalue weighted by atomic mass is 16.7. The van der Waals surface area contributed by atoms with Gasteiger partial charge >= 0.3 is 0 Å². The smallest absolute Gasteiger partial charge is 0.256 e. The standard InChI is InChI=1S/C22H37NO9/c1-11-8-22(28-7,32-13(3)12(11)2)17(25)19(26)23-20-16-15(29-10-30-20)18(27-6)21(4,5)14(9-24)31-16/h12-18,20,24-25H,1,8-10H2,2-7H3,(H,23,26)/t12-,13-,14-,15+,16+,17-,18-,20-,22-/m1/s1. The molecule has 3 heterocycles. The van der Waals surface area contributed by atoms with Crippen molar-refractivity contribution in [2.75, 3.05) is 27.6 Å². The van der Waals surface area contributed by atoms with Crippen molar-refractivity contribution in [3.05, 3.63) is 12.2 Å². The Balaban J connectivity index is 1.77. The van der Waals surface area contributed by atoms with E-state index >= 15 is 0 Å². The first-order valence-corrected chi connectivity index (χ1v) is 10.9. The highest BCUT2D eigenvalue weighted by Gasteiger charge is 2.56. The van der Waals surface area contributed by atoms with Gasteiger partial charge in [-0.2, -0.15) is 0 Å². The number of hydrogen-bond acceptors (Lipinski definition) is 9. The summed E-state index contributed by atoms with van der Waals surface area (Å²) in [5, 5.41) is 23.5. The normalized spacial score (nSPS) is 42.8. The number of carbonyl (C=O) groups is 1. The Morgan fingerprint density at radius 1 is 1.28 bits per heavy atom. The molecule has 0 bridgehead atoms. The monoisotopic (exact) mass is 459 g/mol. The van der Waals surface area contributed by atoms with Crippen LogP contribution in [0.5, 0.6) is 0 Å². The minimum absolute atomic E-state index is 0.0634. The van der Waals surface area contributed by atoms with Crippen LogP contribution < -0.4 is 5.32 Å². The van der Waals surface area contributed by atoms with Crippen LogP contribution in [0.4, 0.5) is 0 Å². The Bertz CT molecular complexity index is 701. The Morgan fingerprint density at radius 2 is 1.97 bits per heavy atom. The molecule has 0 aromatic heterocycles. The molecule has 0 aromatic carbocycles. The summed E-state index contributed by atoms with van der Waals surface area (Å²) in [6.07, 6.45) is -4.98. The van der Waals surface area contributed by atoms with Crippen LogP contribution in [0, 0.1) is 11.3 Å². The number of aliphatic hydroxyl groups excluding tert-OH is 2. The molecule has 0 radical (unpaired) electrons. The first kappa shape index (κ1) is 25.5. The first-order chi connectivity index (χ1) is 15.0. The van der Waals surface area contributed by atoms with Crippen LogP contribution in [0.1, 0.15) is 34.1 Å². The van der Waals surface area contributed by atoms with Crippen LogP contribution in [0.2, 0.25) is 0 Å². The Labute approximate surface area is 189 Å². The predicted molar refractivity (Wildman–Crippen MR) is 112 cm³/mol. The summed E-state index contributed by atoms with van der Waals surface area (Å²) in [6.45, 7) is 11.4. The van der Waals surface area contributed by atoms with Gasteiger partial charge in [-0.15, -0.1) is 0 Å². The average Bonchev–Trinajstić information content (AvgIpc) is 2.75. The number of ether oxygens (including phenoxy) is 6. The second-order valence-electron chi connectivity index (χ2n) is 9.46. The fraction of sp³-hybridized carbons (Fsp3) is 0.864. The van der Waals surface area contributed by atoms with E-state index < -0.39 is 53.9 Å². The molecule has 3 N–H and O–H groups in total. The molecule has 3 rings (SSSR count). The van der Waals surface area contributed by atoms with Crippen molar-refractivity contribution in [1.82, 2.24) is 5.32 Å². The van der Waals surface area contributed by atoms with Gasteiger partial charge in [-0.1, -0.05) is 32.9 Å². The number of fused-ring (bicyclic) bond motifs is 1. The van der Waals surface area contributed by atoms with E-state index in [0.717, 1.165) is 5.57 Å². The molecule has 32 heavy (non-hydrogen) atoms. The Morgan fingerprint density at radius 3 is 2.53 bits per heavy atom. The van der Waals surface area contributed by atoms with Gasteiger partial charge in [-0.05, 0) is 6.92 Å². The van der Waals surface area contributed by atoms with E-state index in [1.807, 2.05) is 27.7 Å². The van der Waals surface area contributed by atoms with Crippen LogP contribution >= 0.6 is 0 Å². The summed E-state index contributed by atoms with van der Waals surface area (Å²) < 4.78 is 34.6. The van der Waals surface area contributed by atoms with Crippen molar-refractivity contribution >= 4 is 5.91 Å². The Hall–Kier alpha value is -1.11. The molecule has 0 saturated carbocycles. The minimum atomic E-state index is -1.64. The molecule has 0 aromatic rings. The van der Waals surface area contributed by atoms with E-state index in [4.69, 9.17) is 28.4 Å².